The Morgan fingerprint density at radius 1 is 0.605 bits per heavy atom. The third kappa shape index (κ3) is 5.66. The summed E-state index contributed by atoms with van der Waals surface area (Å²) >= 11 is 0. The van der Waals surface area contributed by atoms with E-state index in [1.54, 1.807) is 14.2 Å². The van der Waals surface area contributed by atoms with E-state index in [2.05, 4.69) is 19.8 Å². The number of hydrogen-bond acceptors (Lipinski definition) is 8. The average molecular weight is 581 g/mol. The van der Waals surface area contributed by atoms with Crippen LogP contribution in [0.2, 0.25) is 0 Å². The Labute approximate surface area is 253 Å². The number of aromatic nitrogens is 2. The second kappa shape index (κ2) is 12.8. The lowest BCUT2D eigenvalue weighted by Crippen LogP contribution is -2.15. The summed E-state index contributed by atoms with van der Waals surface area (Å²) in [6, 6.07) is 8.14. The Balaban J connectivity index is 0.945. The zero-order chi connectivity index (χ0) is 29.8. The maximum Gasteiger partial charge on any atom is 0.185 e. The largest absolute Gasteiger partial charge is 0.493 e. The Hall–Kier alpha value is -4.46. The number of nitrogens with zero attached hydrogens (tertiary/aromatic N) is 4. The van der Waals surface area contributed by atoms with E-state index in [4.69, 9.17) is 18.9 Å². The summed E-state index contributed by atoms with van der Waals surface area (Å²) in [5, 5.41) is 4.42. The van der Waals surface area contributed by atoms with Crippen LogP contribution >= 0.6 is 0 Å². The standard InChI is InChI=1S/C35H40N4O4/c1-38-18-14-26-30-24(12-16-36-26)22-28(40-3)34(32(30)38)42-20-10-8-6-5-7-9-11-21-43-35-29(41-4)23-25-13-17-37-27-15-19-39(2)33(35)31(25)27/h12-19,22-23H,5-11,20-21H2,1-4H3. The normalized spacial score (nSPS) is 13.2. The van der Waals surface area contributed by atoms with E-state index in [0.717, 1.165) is 93.0 Å². The number of benzene rings is 2. The molecule has 2 aliphatic heterocycles. The van der Waals surface area contributed by atoms with Crippen LogP contribution in [-0.2, 0) is 0 Å². The van der Waals surface area contributed by atoms with Gasteiger partial charge in [0.2, 0.25) is 0 Å². The number of hydrogen-bond donors (Lipinski definition) is 0. The second-order valence-corrected chi connectivity index (χ2v) is 11.1. The molecule has 8 heteroatoms. The molecule has 6 rings (SSSR count). The number of methoxy groups -OCH3 is 2. The molecule has 0 radical (unpaired) electrons. The smallest absolute Gasteiger partial charge is 0.185 e. The Kier molecular flexibility index (Phi) is 8.54. The highest BCUT2D eigenvalue weighted by molar-refractivity contribution is 6.06. The van der Waals surface area contributed by atoms with Gasteiger partial charge in [-0.3, -0.25) is 9.97 Å². The Bertz CT molecular complexity index is 1560. The molecule has 0 atom stereocenters. The van der Waals surface area contributed by atoms with Crippen molar-refractivity contribution in [3.05, 3.63) is 60.4 Å². The number of pyridine rings is 2. The third-order valence-electron chi connectivity index (χ3n) is 8.29. The van der Waals surface area contributed by atoms with Gasteiger partial charge in [0.05, 0.1) is 50.2 Å². The first-order chi connectivity index (χ1) is 21.1. The molecular weight excluding hydrogens is 540 g/mol. The van der Waals surface area contributed by atoms with E-state index in [-0.39, 0.29) is 0 Å². The molecule has 224 valence electrons. The molecule has 43 heavy (non-hydrogen) atoms. The van der Waals surface area contributed by atoms with Gasteiger partial charge in [0, 0.05) is 49.7 Å². The molecule has 2 aliphatic rings. The van der Waals surface area contributed by atoms with Gasteiger partial charge in [-0.15, -0.1) is 0 Å². The number of ether oxygens (including phenoxy) is 4. The summed E-state index contributed by atoms with van der Waals surface area (Å²) in [7, 11) is 7.47. The van der Waals surface area contributed by atoms with Crippen LogP contribution in [0, 0.1) is 0 Å². The summed E-state index contributed by atoms with van der Waals surface area (Å²) in [4.78, 5) is 13.3. The predicted molar refractivity (Wildman–Crippen MR) is 175 cm³/mol. The van der Waals surface area contributed by atoms with Gasteiger partial charge in [0.25, 0.3) is 0 Å². The average Bonchev–Trinajstić information content (AvgIpc) is 3.03. The van der Waals surface area contributed by atoms with Crippen molar-refractivity contribution in [1.29, 1.82) is 0 Å². The first-order valence-corrected chi connectivity index (χ1v) is 15.2. The molecule has 2 aromatic carbocycles. The highest BCUT2D eigenvalue weighted by Crippen LogP contribution is 2.47. The van der Waals surface area contributed by atoms with Gasteiger partial charge in [-0.25, -0.2) is 0 Å². The summed E-state index contributed by atoms with van der Waals surface area (Å²) in [5.74, 6) is 3.11. The molecule has 0 saturated heterocycles. The maximum absolute atomic E-state index is 6.34. The molecule has 0 N–H and O–H groups in total. The van der Waals surface area contributed by atoms with Crippen molar-refractivity contribution in [2.24, 2.45) is 0 Å². The van der Waals surface area contributed by atoms with E-state index >= 15 is 0 Å². The first kappa shape index (κ1) is 28.6. The van der Waals surface area contributed by atoms with Crippen LogP contribution in [0.15, 0.2) is 49.1 Å². The Morgan fingerprint density at radius 3 is 1.44 bits per heavy atom. The maximum atomic E-state index is 6.34. The van der Waals surface area contributed by atoms with E-state index in [9.17, 15) is 0 Å². The SMILES string of the molecule is COc1cc2ccnc3c2c(c1OCCCCCCCCCOc1c(OC)cc2ccnc4c2c1N(C)C=C4)N(C)C=C3. The quantitative estimate of drug-likeness (QED) is 0.140. The summed E-state index contributed by atoms with van der Waals surface area (Å²) in [6.07, 6.45) is 19.7. The lowest BCUT2D eigenvalue weighted by Gasteiger charge is -2.26. The summed E-state index contributed by atoms with van der Waals surface area (Å²) in [6.45, 7) is 1.32. The molecule has 0 amide bonds. The third-order valence-corrected chi connectivity index (χ3v) is 8.29. The lowest BCUT2D eigenvalue weighted by molar-refractivity contribution is 0.282. The van der Waals surface area contributed by atoms with Crippen molar-refractivity contribution in [2.75, 3.05) is 51.3 Å². The topological polar surface area (TPSA) is 69.2 Å². The number of unbranched alkanes of at least 4 members (excludes halogenated alkanes) is 6. The zero-order valence-corrected chi connectivity index (χ0v) is 25.6. The molecule has 0 spiro atoms. The number of rotatable bonds is 14. The highest BCUT2D eigenvalue weighted by Gasteiger charge is 2.24. The van der Waals surface area contributed by atoms with Crippen molar-refractivity contribution in [1.82, 2.24) is 9.97 Å². The molecule has 0 bridgehead atoms. The van der Waals surface area contributed by atoms with Gasteiger partial charge in [-0.1, -0.05) is 32.1 Å². The van der Waals surface area contributed by atoms with Gasteiger partial charge >= 0.3 is 0 Å². The van der Waals surface area contributed by atoms with Crippen molar-refractivity contribution >= 4 is 45.1 Å². The van der Waals surface area contributed by atoms with Crippen LogP contribution < -0.4 is 28.7 Å². The van der Waals surface area contributed by atoms with Crippen LogP contribution in [0.5, 0.6) is 23.0 Å². The van der Waals surface area contributed by atoms with E-state index < -0.39 is 0 Å². The van der Waals surface area contributed by atoms with Crippen molar-refractivity contribution in [3.63, 3.8) is 0 Å². The molecule has 0 saturated carbocycles. The summed E-state index contributed by atoms with van der Waals surface area (Å²) < 4.78 is 24.1. The fraction of sp³-hybridized carbons (Fsp3) is 0.371. The van der Waals surface area contributed by atoms with Crippen LogP contribution in [0.25, 0.3) is 33.7 Å². The van der Waals surface area contributed by atoms with Crippen molar-refractivity contribution in [2.45, 2.75) is 44.9 Å². The predicted octanol–water partition coefficient (Wildman–Crippen LogP) is 7.83. The van der Waals surface area contributed by atoms with Crippen LogP contribution in [0.1, 0.15) is 56.3 Å². The molecule has 4 heterocycles. The zero-order valence-electron chi connectivity index (χ0n) is 25.6. The van der Waals surface area contributed by atoms with Crippen molar-refractivity contribution < 1.29 is 18.9 Å². The van der Waals surface area contributed by atoms with E-state index in [1.807, 2.05) is 75.3 Å². The molecule has 8 nitrogen and oxygen atoms in total. The van der Waals surface area contributed by atoms with Gasteiger partial charge in [0.1, 0.15) is 0 Å². The first-order valence-electron chi connectivity index (χ1n) is 15.2. The molecule has 4 aromatic rings. The van der Waals surface area contributed by atoms with Crippen LogP contribution in [0.3, 0.4) is 0 Å². The fourth-order valence-electron chi connectivity index (χ4n) is 6.08. The molecule has 0 aliphatic carbocycles. The number of anilines is 2. The van der Waals surface area contributed by atoms with Gasteiger partial charge in [0.15, 0.2) is 23.0 Å². The lowest BCUT2D eigenvalue weighted by atomic mass is 10.0. The van der Waals surface area contributed by atoms with E-state index in [0.29, 0.717) is 13.2 Å². The van der Waals surface area contributed by atoms with Crippen molar-refractivity contribution in [3.8, 4) is 23.0 Å². The van der Waals surface area contributed by atoms with Gasteiger partial charge in [-0.05, 0) is 60.0 Å². The fourth-order valence-corrected chi connectivity index (χ4v) is 6.08. The highest BCUT2D eigenvalue weighted by atomic mass is 16.5. The monoisotopic (exact) mass is 580 g/mol. The van der Waals surface area contributed by atoms with Gasteiger partial charge in [-0.2, -0.15) is 0 Å². The Morgan fingerprint density at radius 2 is 1.02 bits per heavy atom. The van der Waals surface area contributed by atoms with Gasteiger partial charge < -0.3 is 28.7 Å². The van der Waals surface area contributed by atoms with E-state index in [1.165, 1.54) is 19.3 Å². The minimum Gasteiger partial charge on any atom is -0.493 e. The van der Waals surface area contributed by atoms with Crippen LogP contribution in [0.4, 0.5) is 11.4 Å². The molecule has 0 unspecified atom stereocenters. The summed E-state index contributed by atoms with van der Waals surface area (Å²) in [5.41, 5.74) is 3.97. The molecule has 0 fully saturated rings. The van der Waals surface area contributed by atoms with Crippen LogP contribution in [-0.4, -0.2) is 51.5 Å². The molecular formula is C35H40N4O4. The second-order valence-electron chi connectivity index (χ2n) is 11.1. The molecule has 2 aromatic heterocycles. The minimum absolute atomic E-state index is 0.659. The minimum atomic E-state index is 0.659.